The van der Waals surface area contributed by atoms with Crippen molar-refractivity contribution in [3.63, 3.8) is 0 Å². The monoisotopic (exact) mass is 365 g/mol. The molecule has 1 aromatic carbocycles. The lowest BCUT2D eigenvalue weighted by Crippen LogP contribution is -2.45. The van der Waals surface area contributed by atoms with Crippen LogP contribution in [0.15, 0.2) is 24.3 Å². The van der Waals surface area contributed by atoms with Crippen molar-refractivity contribution in [2.24, 2.45) is 0 Å². The minimum absolute atomic E-state index is 0.173. The van der Waals surface area contributed by atoms with Gasteiger partial charge in [0.05, 0.1) is 20.3 Å². The summed E-state index contributed by atoms with van der Waals surface area (Å²) in [6, 6.07) is 7.41. The van der Waals surface area contributed by atoms with Gasteiger partial charge in [0.15, 0.2) is 0 Å². The summed E-state index contributed by atoms with van der Waals surface area (Å²) in [5, 5.41) is 5.24. The van der Waals surface area contributed by atoms with Crippen molar-refractivity contribution < 1.29 is 23.8 Å². The number of nitrogens with one attached hydrogen (secondary N) is 2. The molecule has 2 N–H and O–H groups in total. The van der Waals surface area contributed by atoms with Gasteiger partial charge in [0.25, 0.3) is 0 Å². The van der Waals surface area contributed by atoms with Crippen LogP contribution in [0.3, 0.4) is 0 Å². The summed E-state index contributed by atoms with van der Waals surface area (Å²) < 4.78 is 16.0. The molecule has 144 valence electrons. The first kappa shape index (κ1) is 20.2. The fraction of sp³-hybridized carbons (Fsp3) is 0.556. The van der Waals surface area contributed by atoms with Gasteiger partial charge in [0.1, 0.15) is 11.9 Å². The molecule has 1 unspecified atom stereocenters. The number of hydrogen-bond acceptors (Lipinski definition) is 6. The maximum absolute atomic E-state index is 12.0. The molecule has 1 aromatic rings. The topological polar surface area (TPSA) is 89.1 Å². The SMILES string of the molecule is COc1ccccc1C(CNC(=O)C(=O)NCCN1CCOCC1)OC. The lowest BCUT2D eigenvalue weighted by Gasteiger charge is -2.26. The molecule has 2 rings (SSSR count). The van der Waals surface area contributed by atoms with Gasteiger partial charge in [0.2, 0.25) is 0 Å². The number of morpholine rings is 1. The third kappa shape index (κ3) is 5.98. The predicted octanol–water partition coefficient (Wildman–Crippen LogP) is -0.0527. The number of nitrogens with zero attached hydrogens (tertiary/aromatic N) is 1. The normalized spacial score (nSPS) is 15.9. The van der Waals surface area contributed by atoms with Gasteiger partial charge in [-0.3, -0.25) is 14.5 Å². The largest absolute Gasteiger partial charge is 0.496 e. The second kappa shape index (κ2) is 10.7. The molecule has 8 heteroatoms. The van der Waals surface area contributed by atoms with Crippen LogP contribution in [0.1, 0.15) is 11.7 Å². The molecule has 0 aliphatic carbocycles. The number of ether oxygens (including phenoxy) is 3. The van der Waals surface area contributed by atoms with Gasteiger partial charge in [-0.05, 0) is 6.07 Å². The fourth-order valence-electron chi connectivity index (χ4n) is 2.75. The molecule has 0 aromatic heterocycles. The predicted molar refractivity (Wildman–Crippen MR) is 96.0 cm³/mol. The molecule has 1 aliphatic rings. The van der Waals surface area contributed by atoms with E-state index < -0.39 is 17.9 Å². The van der Waals surface area contributed by atoms with Crippen LogP contribution in [0.2, 0.25) is 0 Å². The van der Waals surface area contributed by atoms with Crippen LogP contribution in [0.25, 0.3) is 0 Å². The van der Waals surface area contributed by atoms with Crippen molar-refractivity contribution >= 4 is 11.8 Å². The zero-order valence-corrected chi connectivity index (χ0v) is 15.3. The van der Waals surface area contributed by atoms with E-state index in [0.29, 0.717) is 32.1 Å². The number of methoxy groups -OCH3 is 2. The highest BCUT2D eigenvalue weighted by Crippen LogP contribution is 2.26. The third-order valence-corrected chi connectivity index (χ3v) is 4.24. The van der Waals surface area contributed by atoms with E-state index in [4.69, 9.17) is 14.2 Å². The van der Waals surface area contributed by atoms with Crippen molar-refractivity contribution in [3.8, 4) is 5.75 Å². The Hall–Kier alpha value is -2.16. The van der Waals surface area contributed by atoms with E-state index in [1.165, 1.54) is 0 Å². The summed E-state index contributed by atoms with van der Waals surface area (Å²) in [5.41, 5.74) is 0.811. The van der Waals surface area contributed by atoms with Crippen LogP contribution < -0.4 is 15.4 Å². The van der Waals surface area contributed by atoms with Gasteiger partial charge in [-0.1, -0.05) is 18.2 Å². The Morgan fingerprint density at radius 2 is 1.85 bits per heavy atom. The summed E-state index contributed by atoms with van der Waals surface area (Å²) in [4.78, 5) is 26.1. The van der Waals surface area contributed by atoms with Crippen molar-refractivity contribution in [2.75, 3.05) is 60.2 Å². The molecule has 8 nitrogen and oxygen atoms in total. The molecule has 1 fully saturated rings. The maximum atomic E-state index is 12.0. The summed E-state index contributed by atoms with van der Waals surface area (Å²) in [5.74, 6) is -0.652. The second-order valence-electron chi connectivity index (χ2n) is 5.89. The van der Waals surface area contributed by atoms with Crippen LogP contribution in [0.5, 0.6) is 5.75 Å². The average molecular weight is 365 g/mol. The van der Waals surface area contributed by atoms with Gasteiger partial charge < -0.3 is 24.8 Å². The van der Waals surface area contributed by atoms with E-state index >= 15 is 0 Å². The van der Waals surface area contributed by atoms with Gasteiger partial charge in [-0.15, -0.1) is 0 Å². The highest BCUT2D eigenvalue weighted by atomic mass is 16.5. The van der Waals surface area contributed by atoms with Gasteiger partial charge >= 0.3 is 11.8 Å². The van der Waals surface area contributed by atoms with E-state index in [1.54, 1.807) is 14.2 Å². The Balaban J connectivity index is 1.75. The smallest absolute Gasteiger partial charge is 0.309 e. The maximum Gasteiger partial charge on any atom is 0.309 e. The number of rotatable bonds is 8. The van der Waals surface area contributed by atoms with Crippen molar-refractivity contribution in [2.45, 2.75) is 6.10 Å². The van der Waals surface area contributed by atoms with E-state index in [9.17, 15) is 9.59 Å². The number of carbonyl (C=O) groups is 2. The number of carbonyl (C=O) groups excluding carboxylic acids is 2. The minimum atomic E-state index is -0.677. The number of hydrogen-bond donors (Lipinski definition) is 2. The van der Waals surface area contributed by atoms with Gasteiger partial charge in [-0.2, -0.15) is 0 Å². The summed E-state index contributed by atoms with van der Waals surface area (Å²) in [6.07, 6.45) is -0.406. The van der Waals surface area contributed by atoms with E-state index in [0.717, 1.165) is 18.7 Å². The van der Waals surface area contributed by atoms with Crippen LogP contribution >= 0.6 is 0 Å². The fourth-order valence-corrected chi connectivity index (χ4v) is 2.75. The van der Waals surface area contributed by atoms with Crippen LogP contribution in [0, 0.1) is 0 Å². The molecule has 0 spiro atoms. The highest BCUT2D eigenvalue weighted by molar-refractivity contribution is 6.35. The molecule has 1 atom stereocenters. The Labute approximate surface area is 153 Å². The molecule has 2 amide bonds. The molecule has 1 aliphatic heterocycles. The number of benzene rings is 1. The van der Waals surface area contributed by atoms with E-state index in [1.807, 2.05) is 24.3 Å². The van der Waals surface area contributed by atoms with Crippen LogP contribution in [-0.2, 0) is 19.1 Å². The Bertz CT molecular complexity index is 590. The lowest BCUT2D eigenvalue weighted by molar-refractivity contribution is -0.139. The van der Waals surface area contributed by atoms with Gasteiger partial charge in [0, 0.05) is 45.4 Å². The average Bonchev–Trinajstić information content (AvgIpc) is 2.69. The Morgan fingerprint density at radius 3 is 2.54 bits per heavy atom. The molecule has 1 heterocycles. The standard InChI is InChI=1S/C18H27N3O5/c1-24-15-6-4-3-5-14(15)16(25-2)13-20-18(23)17(22)19-7-8-21-9-11-26-12-10-21/h3-6,16H,7-13H2,1-2H3,(H,19,22)(H,20,23). The van der Waals surface area contributed by atoms with Crippen LogP contribution in [0.4, 0.5) is 0 Å². The summed E-state index contributed by atoms with van der Waals surface area (Å²) in [7, 11) is 3.12. The molecule has 1 saturated heterocycles. The molecule has 0 saturated carbocycles. The highest BCUT2D eigenvalue weighted by Gasteiger charge is 2.19. The Kier molecular flexibility index (Phi) is 8.33. The van der Waals surface area contributed by atoms with E-state index in [-0.39, 0.29) is 6.54 Å². The number of para-hydroxylation sites is 1. The van der Waals surface area contributed by atoms with Gasteiger partial charge in [-0.25, -0.2) is 0 Å². The first-order valence-corrected chi connectivity index (χ1v) is 8.67. The molecular weight excluding hydrogens is 338 g/mol. The minimum Gasteiger partial charge on any atom is -0.496 e. The molecular formula is C18H27N3O5. The quantitative estimate of drug-likeness (QED) is 0.628. The molecule has 26 heavy (non-hydrogen) atoms. The molecule has 0 radical (unpaired) electrons. The second-order valence-corrected chi connectivity index (χ2v) is 5.89. The van der Waals surface area contributed by atoms with Crippen molar-refractivity contribution in [1.82, 2.24) is 15.5 Å². The van der Waals surface area contributed by atoms with Crippen molar-refractivity contribution in [1.29, 1.82) is 0 Å². The lowest BCUT2D eigenvalue weighted by atomic mass is 10.1. The summed E-state index contributed by atoms with van der Waals surface area (Å²) in [6.45, 7) is 4.39. The zero-order chi connectivity index (χ0) is 18.8. The number of amides is 2. The van der Waals surface area contributed by atoms with Crippen LogP contribution in [-0.4, -0.2) is 76.9 Å². The Morgan fingerprint density at radius 1 is 1.15 bits per heavy atom. The van der Waals surface area contributed by atoms with Crippen molar-refractivity contribution in [3.05, 3.63) is 29.8 Å². The first-order chi connectivity index (χ1) is 12.7. The summed E-state index contributed by atoms with van der Waals surface area (Å²) >= 11 is 0. The molecule has 0 bridgehead atoms. The van der Waals surface area contributed by atoms with E-state index in [2.05, 4.69) is 15.5 Å². The zero-order valence-electron chi connectivity index (χ0n) is 15.3. The first-order valence-electron chi connectivity index (χ1n) is 8.67. The third-order valence-electron chi connectivity index (χ3n) is 4.24.